The molecular weight excluding hydrogens is 396 g/mol. The highest BCUT2D eigenvalue weighted by molar-refractivity contribution is 9.10. The molecular formula is C19H21BrN4O2. The Balaban J connectivity index is 1.37. The zero-order valence-electron chi connectivity index (χ0n) is 14.4. The molecule has 0 saturated carbocycles. The third kappa shape index (κ3) is 3.77. The molecule has 4 rings (SSSR count). The van der Waals surface area contributed by atoms with Crippen LogP contribution < -0.4 is 10.2 Å². The van der Waals surface area contributed by atoms with Crippen molar-refractivity contribution in [2.45, 2.75) is 19.3 Å². The first-order chi connectivity index (χ1) is 12.7. The van der Waals surface area contributed by atoms with Gasteiger partial charge in [0.25, 0.3) is 0 Å². The van der Waals surface area contributed by atoms with Gasteiger partial charge in [-0.2, -0.15) is 0 Å². The molecule has 1 aromatic carbocycles. The number of hydrogen-bond donors (Lipinski definition) is 2. The van der Waals surface area contributed by atoms with Crippen molar-refractivity contribution >= 4 is 38.8 Å². The van der Waals surface area contributed by atoms with Crippen molar-refractivity contribution in [3.8, 4) is 0 Å². The van der Waals surface area contributed by atoms with Crippen molar-refractivity contribution in [2.24, 2.45) is 5.92 Å². The van der Waals surface area contributed by atoms with Crippen LogP contribution in [0, 0.1) is 5.92 Å². The van der Waals surface area contributed by atoms with Gasteiger partial charge in [-0.1, -0.05) is 15.9 Å². The van der Waals surface area contributed by atoms with Crippen molar-refractivity contribution in [3.05, 3.63) is 46.8 Å². The molecule has 0 radical (unpaired) electrons. The number of nitrogens with one attached hydrogen (secondary N) is 2. The van der Waals surface area contributed by atoms with E-state index in [9.17, 15) is 4.79 Å². The average Bonchev–Trinajstić information content (AvgIpc) is 3.31. The summed E-state index contributed by atoms with van der Waals surface area (Å²) < 4.78 is 6.32. The van der Waals surface area contributed by atoms with E-state index in [0.29, 0.717) is 19.5 Å². The van der Waals surface area contributed by atoms with E-state index in [1.807, 2.05) is 30.3 Å². The minimum absolute atomic E-state index is 0.0136. The minimum atomic E-state index is -0.0136. The van der Waals surface area contributed by atoms with Crippen LogP contribution in [0.25, 0.3) is 11.0 Å². The Kier molecular flexibility index (Phi) is 4.97. The Hall–Kier alpha value is -2.28. The first-order valence-corrected chi connectivity index (χ1v) is 9.68. The molecule has 1 amide bonds. The second-order valence-corrected chi connectivity index (χ2v) is 7.54. The highest BCUT2D eigenvalue weighted by Crippen LogP contribution is 2.25. The molecule has 26 heavy (non-hydrogen) atoms. The molecule has 0 aliphatic carbocycles. The number of imidazole rings is 1. The summed E-state index contributed by atoms with van der Waals surface area (Å²) in [7, 11) is 0. The van der Waals surface area contributed by atoms with E-state index in [0.717, 1.165) is 46.6 Å². The molecule has 1 fully saturated rings. The lowest BCUT2D eigenvalue weighted by atomic mass is 9.97. The summed E-state index contributed by atoms with van der Waals surface area (Å²) in [5.74, 6) is 1.83. The molecule has 7 heteroatoms. The van der Waals surface area contributed by atoms with E-state index in [1.165, 1.54) is 0 Å². The maximum absolute atomic E-state index is 12.5. The van der Waals surface area contributed by atoms with Gasteiger partial charge in [0.05, 0.1) is 23.2 Å². The number of halogens is 1. The van der Waals surface area contributed by atoms with Crippen molar-refractivity contribution in [1.82, 2.24) is 15.3 Å². The second-order valence-electron chi connectivity index (χ2n) is 6.63. The van der Waals surface area contributed by atoms with E-state index < -0.39 is 0 Å². The third-order valence-electron chi connectivity index (χ3n) is 4.77. The molecule has 136 valence electrons. The summed E-state index contributed by atoms with van der Waals surface area (Å²) >= 11 is 3.48. The number of anilines is 1. The van der Waals surface area contributed by atoms with Crippen LogP contribution in [0.5, 0.6) is 0 Å². The van der Waals surface area contributed by atoms with Crippen LogP contribution in [0.2, 0.25) is 0 Å². The summed E-state index contributed by atoms with van der Waals surface area (Å²) in [6.45, 7) is 2.20. The molecule has 0 unspecified atom stereocenters. The van der Waals surface area contributed by atoms with Crippen LogP contribution >= 0.6 is 15.9 Å². The summed E-state index contributed by atoms with van der Waals surface area (Å²) in [5, 5.41) is 3.03. The van der Waals surface area contributed by atoms with Crippen molar-refractivity contribution in [3.63, 3.8) is 0 Å². The highest BCUT2D eigenvalue weighted by Gasteiger charge is 2.27. The molecule has 2 N–H and O–H groups in total. The van der Waals surface area contributed by atoms with E-state index in [-0.39, 0.29) is 11.8 Å². The lowest BCUT2D eigenvalue weighted by Crippen LogP contribution is -2.43. The number of hydrogen-bond acceptors (Lipinski definition) is 4. The lowest BCUT2D eigenvalue weighted by molar-refractivity contribution is -0.125. The number of piperidine rings is 1. The van der Waals surface area contributed by atoms with Crippen LogP contribution in [-0.2, 0) is 11.2 Å². The fourth-order valence-corrected chi connectivity index (χ4v) is 3.77. The average molecular weight is 417 g/mol. The maximum Gasteiger partial charge on any atom is 0.224 e. The van der Waals surface area contributed by atoms with E-state index in [4.69, 9.17) is 4.42 Å². The summed E-state index contributed by atoms with van der Waals surface area (Å²) in [6.07, 6.45) is 4.27. The summed E-state index contributed by atoms with van der Waals surface area (Å²) in [6, 6.07) is 9.78. The molecule has 1 saturated heterocycles. The fourth-order valence-electron chi connectivity index (χ4n) is 3.41. The van der Waals surface area contributed by atoms with Gasteiger partial charge in [-0.05, 0) is 43.2 Å². The zero-order chi connectivity index (χ0) is 17.9. The monoisotopic (exact) mass is 416 g/mol. The maximum atomic E-state index is 12.5. The van der Waals surface area contributed by atoms with Crippen LogP contribution in [0.15, 0.2) is 45.5 Å². The number of furan rings is 1. The SMILES string of the molecule is O=C(NCCc1ccco1)[C@H]1CCCN(c2nc3ccc(Br)cc3[nH]2)C1. The number of amides is 1. The molecule has 3 aromatic rings. The number of fused-ring (bicyclic) bond motifs is 1. The fraction of sp³-hybridized carbons (Fsp3) is 0.368. The number of nitrogens with zero attached hydrogens (tertiary/aromatic N) is 2. The van der Waals surface area contributed by atoms with Crippen LogP contribution in [0.4, 0.5) is 5.95 Å². The Morgan fingerprint density at radius 2 is 2.35 bits per heavy atom. The number of aromatic nitrogens is 2. The number of aromatic amines is 1. The van der Waals surface area contributed by atoms with E-state index in [1.54, 1.807) is 6.26 Å². The second kappa shape index (κ2) is 7.53. The molecule has 1 aliphatic rings. The Labute approximate surface area is 160 Å². The normalized spacial score (nSPS) is 17.6. The van der Waals surface area contributed by atoms with Crippen LogP contribution in [0.1, 0.15) is 18.6 Å². The summed E-state index contributed by atoms with van der Waals surface area (Å²) in [4.78, 5) is 22.7. The van der Waals surface area contributed by atoms with Gasteiger partial charge in [-0.15, -0.1) is 0 Å². The van der Waals surface area contributed by atoms with Gasteiger partial charge < -0.3 is 19.6 Å². The van der Waals surface area contributed by atoms with Gasteiger partial charge >= 0.3 is 0 Å². The lowest BCUT2D eigenvalue weighted by Gasteiger charge is -2.31. The molecule has 1 atom stereocenters. The van der Waals surface area contributed by atoms with Crippen LogP contribution in [0.3, 0.4) is 0 Å². The Morgan fingerprint density at radius 3 is 3.19 bits per heavy atom. The number of benzene rings is 1. The van der Waals surface area contributed by atoms with Gasteiger partial charge in [0.1, 0.15) is 5.76 Å². The number of rotatable bonds is 5. The Morgan fingerprint density at radius 1 is 1.42 bits per heavy atom. The quantitative estimate of drug-likeness (QED) is 0.667. The number of H-pyrrole nitrogens is 1. The van der Waals surface area contributed by atoms with Gasteiger partial charge in [-0.25, -0.2) is 4.98 Å². The molecule has 0 spiro atoms. The molecule has 0 bridgehead atoms. The van der Waals surface area contributed by atoms with Gasteiger partial charge in [0.15, 0.2) is 0 Å². The number of carbonyl (C=O) groups excluding carboxylic acids is 1. The first-order valence-electron chi connectivity index (χ1n) is 8.89. The van der Waals surface area contributed by atoms with Crippen LogP contribution in [-0.4, -0.2) is 35.5 Å². The molecule has 2 aromatic heterocycles. The smallest absolute Gasteiger partial charge is 0.224 e. The Bertz CT molecular complexity index is 890. The van der Waals surface area contributed by atoms with Crippen molar-refractivity contribution in [2.75, 3.05) is 24.5 Å². The predicted octanol–water partition coefficient (Wildman–Crippen LogP) is 3.49. The van der Waals surface area contributed by atoms with Gasteiger partial charge in [0, 0.05) is 30.5 Å². The van der Waals surface area contributed by atoms with E-state index >= 15 is 0 Å². The molecule has 6 nitrogen and oxygen atoms in total. The number of carbonyl (C=O) groups is 1. The molecule has 1 aliphatic heterocycles. The third-order valence-corrected chi connectivity index (χ3v) is 5.27. The van der Waals surface area contributed by atoms with Gasteiger partial charge in [0.2, 0.25) is 11.9 Å². The molecule has 3 heterocycles. The largest absolute Gasteiger partial charge is 0.469 e. The predicted molar refractivity (Wildman–Crippen MR) is 104 cm³/mol. The van der Waals surface area contributed by atoms with E-state index in [2.05, 4.69) is 36.1 Å². The minimum Gasteiger partial charge on any atom is -0.469 e. The zero-order valence-corrected chi connectivity index (χ0v) is 16.0. The van der Waals surface area contributed by atoms with Gasteiger partial charge in [-0.3, -0.25) is 4.79 Å². The summed E-state index contributed by atoms with van der Waals surface area (Å²) in [5.41, 5.74) is 1.94. The first kappa shape index (κ1) is 17.1. The van der Waals surface area contributed by atoms with Crippen molar-refractivity contribution in [1.29, 1.82) is 0 Å². The highest BCUT2D eigenvalue weighted by atomic mass is 79.9. The van der Waals surface area contributed by atoms with Crippen molar-refractivity contribution < 1.29 is 9.21 Å². The standard InChI is InChI=1S/C19H21BrN4O2/c20-14-5-6-16-17(11-14)23-19(22-16)24-9-1-3-13(12-24)18(25)21-8-7-15-4-2-10-26-15/h2,4-6,10-11,13H,1,3,7-9,12H2,(H,21,25)(H,22,23)/t13-/m0/s1. The topological polar surface area (TPSA) is 74.2 Å².